The average Bonchev–Trinajstić information content (AvgIpc) is 2.32. The number of hydrogen-bond acceptors (Lipinski definition) is 3. The lowest BCUT2D eigenvalue weighted by Crippen LogP contribution is -2.51. The molecule has 0 rings (SSSR count). The number of amides is 1. The fraction of sp³-hybridized carbons (Fsp3) is 0.733. The van der Waals surface area contributed by atoms with Crippen LogP contribution in [0.25, 0.3) is 0 Å². The van der Waals surface area contributed by atoms with Crippen molar-refractivity contribution in [3.05, 3.63) is 12.2 Å². The van der Waals surface area contributed by atoms with E-state index < -0.39 is 35.6 Å². The Morgan fingerprint density at radius 3 is 2.14 bits per heavy atom. The molecule has 4 nitrogen and oxygen atoms in total. The lowest BCUT2D eigenvalue weighted by Gasteiger charge is -2.28. The van der Waals surface area contributed by atoms with E-state index in [2.05, 4.69) is 0 Å². The molecule has 0 aliphatic rings. The van der Waals surface area contributed by atoms with E-state index in [0.717, 1.165) is 0 Å². The van der Waals surface area contributed by atoms with Crippen molar-refractivity contribution in [1.29, 1.82) is 0 Å². The third-order valence-corrected chi connectivity index (χ3v) is 2.69. The number of nitrogens with one attached hydrogen (secondary N) is 1. The molecule has 7 heteroatoms. The van der Waals surface area contributed by atoms with Crippen LogP contribution in [0.15, 0.2) is 12.2 Å². The smallest absolute Gasteiger partial charge is 0.458 e. The number of esters is 1. The highest BCUT2D eigenvalue weighted by Crippen LogP contribution is 2.21. The van der Waals surface area contributed by atoms with E-state index >= 15 is 0 Å². The second kappa shape index (κ2) is 8.19. The predicted octanol–water partition coefficient (Wildman–Crippen LogP) is 3.37. The van der Waals surface area contributed by atoms with Gasteiger partial charge >= 0.3 is 18.1 Å². The fourth-order valence-corrected chi connectivity index (χ4v) is 1.88. The van der Waals surface area contributed by atoms with Crippen molar-refractivity contribution in [3.63, 3.8) is 0 Å². The summed E-state index contributed by atoms with van der Waals surface area (Å²) in [5.74, 6) is -3.58. The summed E-state index contributed by atoms with van der Waals surface area (Å²) in [6.45, 7) is 8.36. The molecular weight excluding hydrogens is 299 g/mol. The Morgan fingerprint density at radius 1 is 1.23 bits per heavy atom. The number of alkyl halides is 3. The highest BCUT2D eigenvalue weighted by atomic mass is 19.4. The minimum absolute atomic E-state index is 0.451. The third-order valence-electron chi connectivity index (χ3n) is 2.69. The zero-order valence-electron chi connectivity index (χ0n) is 13.6. The summed E-state index contributed by atoms with van der Waals surface area (Å²) in [7, 11) is 0. The largest absolute Gasteiger partial charge is 0.471 e. The van der Waals surface area contributed by atoms with E-state index in [9.17, 15) is 22.8 Å². The number of ether oxygens (including phenoxy) is 1. The molecule has 0 saturated carbocycles. The van der Waals surface area contributed by atoms with Crippen LogP contribution in [-0.2, 0) is 14.3 Å². The lowest BCUT2D eigenvalue weighted by atomic mass is 9.93. The number of rotatable bonds is 6. The molecule has 0 fully saturated rings. The number of carbonyl (C=O) groups excluding carboxylic acids is 2. The van der Waals surface area contributed by atoms with Gasteiger partial charge in [-0.25, -0.2) is 4.79 Å². The quantitative estimate of drug-likeness (QED) is 0.602. The van der Waals surface area contributed by atoms with Gasteiger partial charge in [0.25, 0.3) is 0 Å². The van der Waals surface area contributed by atoms with E-state index in [4.69, 9.17) is 4.74 Å². The van der Waals surface area contributed by atoms with Crippen LogP contribution < -0.4 is 5.32 Å². The Kier molecular flexibility index (Phi) is 7.62. The Bertz CT molecular complexity index is 411. The lowest BCUT2D eigenvalue weighted by molar-refractivity contribution is -0.177. The first-order chi connectivity index (χ1) is 9.92. The van der Waals surface area contributed by atoms with Crippen molar-refractivity contribution in [2.45, 2.75) is 65.3 Å². The van der Waals surface area contributed by atoms with Gasteiger partial charge < -0.3 is 10.1 Å². The molecule has 1 N–H and O–H groups in total. The van der Waals surface area contributed by atoms with E-state index in [1.54, 1.807) is 45.2 Å². The number of halogens is 3. The number of hydrogen-bond donors (Lipinski definition) is 1. The molecule has 22 heavy (non-hydrogen) atoms. The summed E-state index contributed by atoms with van der Waals surface area (Å²) in [6, 6.07) is -1.37. The van der Waals surface area contributed by atoms with Gasteiger partial charge in [-0.2, -0.15) is 13.2 Å². The maximum absolute atomic E-state index is 12.5. The molecular formula is C15H24F3NO3. The Balaban J connectivity index is 5.37. The first-order valence-electron chi connectivity index (χ1n) is 7.15. The Hall–Kier alpha value is -1.53. The number of allylic oxidation sites excluding steroid dienone is 1. The fourth-order valence-electron chi connectivity index (χ4n) is 1.88. The SMILES string of the molecule is C/C=C/[C@H](CCC)[C@H](NC(=O)C(F)(F)F)C(=O)OC(C)(C)C. The maximum atomic E-state index is 12.5. The van der Waals surface area contributed by atoms with Gasteiger partial charge in [0.2, 0.25) is 0 Å². The van der Waals surface area contributed by atoms with Crippen molar-refractivity contribution in [2.75, 3.05) is 0 Å². The Labute approximate surface area is 129 Å². The first-order valence-corrected chi connectivity index (χ1v) is 7.15. The molecule has 0 aliphatic heterocycles. The van der Waals surface area contributed by atoms with E-state index in [1.807, 2.05) is 6.92 Å². The molecule has 0 aromatic rings. The van der Waals surface area contributed by atoms with Gasteiger partial charge in [0.05, 0.1) is 0 Å². The molecule has 0 saturated heterocycles. The summed E-state index contributed by atoms with van der Waals surface area (Å²) in [5, 5.41) is 1.76. The Morgan fingerprint density at radius 2 is 1.77 bits per heavy atom. The topological polar surface area (TPSA) is 55.4 Å². The van der Waals surface area contributed by atoms with Gasteiger partial charge in [-0.15, -0.1) is 0 Å². The summed E-state index contributed by atoms with van der Waals surface area (Å²) in [4.78, 5) is 23.4. The molecule has 128 valence electrons. The van der Waals surface area contributed by atoms with Crippen molar-refractivity contribution in [1.82, 2.24) is 5.32 Å². The highest BCUT2D eigenvalue weighted by Gasteiger charge is 2.42. The summed E-state index contributed by atoms with van der Waals surface area (Å²) < 4.78 is 42.5. The van der Waals surface area contributed by atoms with Crippen LogP contribution in [0.5, 0.6) is 0 Å². The van der Waals surface area contributed by atoms with Gasteiger partial charge in [0.15, 0.2) is 0 Å². The van der Waals surface area contributed by atoms with Crippen LogP contribution in [0.2, 0.25) is 0 Å². The minimum Gasteiger partial charge on any atom is -0.458 e. The molecule has 0 aromatic carbocycles. The number of carbonyl (C=O) groups is 2. The van der Waals surface area contributed by atoms with Crippen molar-refractivity contribution in [2.24, 2.45) is 5.92 Å². The van der Waals surface area contributed by atoms with Gasteiger partial charge in [0.1, 0.15) is 11.6 Å². The highest BCUT2D eigenvalue weighted by molar-refractivity contribution is 5.88. The molecule has 1 amide bonds. The average molecular weight is 323 g/mol. The normalized spacial score (nSPS) is 15.5. The van der Waals surface area contributed by atoms with Crippen molar-refractivity contribution >= 4 is 11.9 Å². The molecule has 0 heterocycles. The zero-order valence-corrected chi connectivity index (χ0v) is 13.6. The van der Waals surface area contributed by atoms with E-state index in [1.165, 1.54) is 0 Å². The first kappa shape index (κ1) is 20.5. The van der Waals surface area contributed by atoms with E-state index in [-0.39, 0.29) is 0 Å². The van der Waals surface area contributed by atoms with Gasteiger partial charge in [-0.3, -0.25) is 4.79 Å². The van der Waals surface area contributed by atoms with Gasteiger partial charge in [-0.1, -0.05) is 25.5 Å². The molecule has 0 aliphatic carbocycles. The standard InChI is InChI=1S/C15H24F3NO3/c1-6-8-10(9-7-2)11(12(20)22-14(3,4)5)19-13(21)15(16,17)18/h6,8,10-11H,7,9H2,1-5H3,(H,19,21)/b8-6+/t10-,11+/m1/s1. The predicted molar refractivity (Wildman–Crippen MR) is 77.0 cm³/mol. The minimum atomic E-state index is -5.05. The van der Waals surface area contributed by atoms with Crippen LogP contribution in [-0.4, -0.2) is 29.7 Å². The molecule has 0 bridgehead atoms. The molecule has 0 unspecified atom stereocenters. The molecule has 0 radical (unpaired) electrons. The van der Waals surface area contributed by atoms with Crippen molar-refractivity contribution in [3.8, 4) is 0 Å². The third kappa shape index (κ3) is 7.47. The van der Waals surface area contributed by atoms with Crippen LogP contribution in [0.3, 0.4) is 0 Å². The van der Waals surface area contributed by atoms with Crippen LogP contribution in [0.4, 0.5) is 13.2 Å². The van der Waals surface area contributed by atoms with Gasteiger partial charge in [0, 0.05) is 5.92 Å². The summed E-state index contributed by atoms with van der Waals surface area (Å²) in [6.07, 6.45) is -0.707. The van der Waals surface area contributed by atoms with Crippen LogP contribution in [0, 0.1) is 5.92 Å². The van der Waals surface area contributed by atoms with Gasteiger partial charge in [-0.05, 0) is 34.1 Å². The summed E-state index contributed by atoms with van der Waals surface area (Å²) >= 11 is 0. The second-order valence-corrected chi connectivity index (χ2v) is 5.96. The van der Waals surface area contributed by atoms with E-state index in [0.29, 0.717) is 12.8 Å². The van der Waals surface area contributed by atoms with Crippen LogP contribution >= 0.6 is 0 Å². The van der Waals surface area contributed by atoms with Crippen LogP contribution in [0.1, 0.15) is 47.5 Å². The monoisotopic (exact) mass is 323 g/mol. The molecule has 0 spiro atoms. The molecule has 0 aromatic heterocycles. The second-order valence-electron chi connectivity index (χ2n) is 5.96. The summed E-state index contributed by atoms with van der Waals surface area (Å²) in [5.41, 5.74) is -0.856. The van der Waals surface area contributed by atoms with Crippen molar-refractivity contribution < 1.29 is 27.5 Å². The molecule has 2 atom stereocenters. The maximum Gasteiger partial charge on any atom is 0.471 e. The zero-order chi connectivity index (χ0) is 17.6.